The topological polar surface area (TPSA) is 55.7 Å². The number of benzene rings is 1. The second-order valence-electron chi connectivity index (χ2n) is 5.31. The Morgan fingerprint density at radius 2 is 2.00 bits per heavy atom. The fourth-order valence-corrected chi connectivity index (χ4v) is 2.18. The molecule has 0 radical (unpaired) electrons. The van der Waals surface area contributed by atoms with Gasteiger partial charge in [-0.1, -0.05) is 36.7 Å². The van der Waals surface area contributed by atoms with Crippen molar-refractivity contribution in [3.8, 4) is 0 Å². The Hall–Kier alpha value is -2.20. The molecule has 22 heavy (non-hydrogen) atoms. The number of allylic oxidation sites excluding steroid dienone is 4. The van der Waals surface area contributed by atoms with Crippen LogP contribution in [0.3, 0.4) is 0 Å². The summed E-state index contributed by atoms with van der Waals surface area (Å²) in [6.07, 6.45) is 3.16. The molecule has 4 nitrogen and oxygen atoms in total. The predicted molar refractivity (Wildman–Crippen MR) is 86.0 cm³/mol. The molecule has 0 spiro atoms. The summed E-state index contributed by atoms with van der Waals surface area (Å²) in [4.78, 5) is 28.7. The number of hydrogen-bond acceptors (Lipinski definition) is 4. The van der Waals surface area contributed by atoms with Crippen LogP contribution in [0.5, 0.6) is 0 Å². The van der Waals surface area contributed by atoms with Gasteiger partial charge in [-0.2, -0.15) is 0 Å². The van der Waals surface area contributed by atoms with E-state index in [0.29, 0.717) is 27.4 Å². The third-order valence-corrected chi connectivity index (χ3v) is 3.47. The first-order valence-corrected chi connectivity index (χ1v) is 7.25. The zero-order valence-electron chi connectivity index (χ0n) is 12.6. The first kappa shape index (κ1) is 16.2. The quantitative estimate of drug-likeness (QED) is 0.481. The zero-order valence-corrected chi connectivity index (χ0v) is 13.3. The van der Waals surface area contributed by atoms with Crippen molar-refractivity contribution in [2.75, 3.05) is 0 Å². The average Bonchev–Trinajstić information content (AvgIpc) is 2.45. The molecule has 2 rings (SSSR count). The van der Waals surface area contributed by atoms with Crippen molar-refractivity contribution in [3.63, 3.8) is 0 Å². The highest BCUT2D eigenvalue weighted by molar-refractivity contribution is 6.30. The van der Waals surface area contributed by atoms with Crippen LogP contribution in [0, 0.1) is 5.92 Å². The molecule has 0 unspecified atom stereocenters. The zero-order chi connectivity index (χ0) is 16.3. The van der Waals surface area contributed by atoms with Gasteiger partial charge in [0.25, 0.3) is 0 Å². The highest BCUT2D eigenvalue weighted by atomic mass is 35.5. The molecule has 1 aromatic rings. The van der Waals surface area contributed by atoms with Gasteiger partial charge in [-0.05, 0) is 48.8 Å². The molecule has 0 saturated heterocycles. The molecule has 0 N–H and O–H groups in total. The van der Waals surface area contributed by atoms with Gasteiger partial charge in [0.2, 0.25) is 0 Å². The van der Waals surface area contributed by atoms with Gasteiger partial charge in [-0.25, -0.2) is 4.79 Å². The summed E-state index contributed by atoms with van der Waals surface area (Å²) in [6.45, 7) is 5.60. The van der Waals surface area contributed by atoms with Crippen molar-refractivity contribution in [1.82, 2.24) is 0 Å². The lowest BCUT2D eigenvalue weighted by Gasteiger charge is -2.14. The van der Waals surface area contributed by atoms with E-state index in [-0.39, 0.29) is 11.7 Å². The molecule has 1 aromatic carbocycles. The van der Waals surface area contributed by atoms with Crippen LogP contribution in [0.15, 0.2) is 52.7 Å². The molecular formula is C17H16ClNO3. The van der Waals surface area contributed by atoms with Gasteiger partial charge < -0.3 is 4.84 Å². The van der Waals surface area contributed by atoms with Crippen molar-refractivity contribution >= 4 is 29.1 Å². The Morgan fingerprint density at radius 3 is 2.64 bits per heavy atom. The number of carbonyl (C=O) groups excluding carboxylic acids is 2. The molecule has 0 heterocycles. The highest BCUT2D eigenvalue weighted by Crippen LogP contribution is 2.19. The number of nitrogens with zero attached hydrogens (tertiary/aromatic N) is 1. The van der Waals surface area contributed by atoms with E-state index in [2.05, 4.69) is 5.16 Å². The molecule has 0 aliphatic heterocycles. The molecule has 0 amide bonds. The third-order valence-electron chi connectivity index (χ3n) is 3.24. The van der Waals surface area contributed by atoms with Crippen LogP contribution in [0.25, 0.3) is 0 Å². The fourth-order valence-electron chi connectivity index (χ4n) is 1.99. The Balaban J connectivity index is 2.20. The normalized spacial score (nSPS) is 16.6. The third kappa shape index (κ3) is 3.71. The van der Waals surface area contributed by atoms with Crippen LogP contribution in [0.2, 0.25) is 5.02 Å². The minimum absolute atomic E-state index is 0.0346. The van der Waals surface area contributed by atoms with Gasteiger partial charge in [-0.15, -0.1) is 0 Å². The standard InChI is InChI=1S/C17H16ClNO3/c1-10(2)14-9-15(11(3)7-16(14)20)19-22-17(21)12-5-4-6-13(18)8-12/h4-10H,1-3H3/b19-15+. The van der Waals surface area contributed by atoms with Crippen molar-refractivity contribution in [2.24, 2.45) is 11.1 Å². The van der Waals surface area contributed by atoms with Crippen molar-refractivity contribution in [3.05, 3.63) is 58.1 Å². The van der Waals surface area contributed by atoms with E-state index in [1.165, 1.54) is 12.1 Å². The number of carbonyl (C=O) groups is 2. The van der Waals surface area contributed by atoms with Gasteiger partial charge in [0, 0.05) is 10.6 Å². The molecule has 0 atom stereocenters. The maximum absolute atomic E-state index is 11.9. The number of halogens is 1. The molecule has 5 heteroatoms. The molecule has 0 bridgehead atoms. The minimum Gasteiger partial charge on any atom is -0.312 e. The lowest BCUT2D eigenvalue weighted by atomic mass is 9.90. The Morgan fingerprint density at radius 1 is 1.27 bits per heavy atom. The van der Waals surface area contributed by atoms with Crippen LogP contribution in [0.1, 0.15) is 31.1 Å². The summed E-state index contributed by atoms with van der Waals surface area (Å²) in [6, 6.07) is 6.43. The lowest BCUT2D eigenvalue weighted by Crippen LogP contribution is -2.16. The second kappa shape index (κ2) is 6.71. The number of oxime groups is 1. The Bertz CT molecular complexity index is 714. The first-order valence-electron chi connectivity index (χ1n) is 6.88. The van der Waals surface area contributed by atoms with Crippen molar-refractivity contribution < 1.29 is 14.4 Å². The van der Waals surface area contributed by atoms with E-state index >= 15 is 0 Å². The fraction of sp³-hybridized carbons (Fsp3) is 0.235. The van der Waals surface area contributed by atoms with E-state index in [0.717, 1.165) is 0 Å². The summed E-state index contributed by atoms with van der Waals surface area (Å²) >= 11 is 5.83. The molecule has 0 aromatic heterocycles. The summed E-state index contributed by atoms with van der Waals surface area (Å²) in [5, 5.41) is 4.31. The van der Waals surface area contributed by atoms with Crippen LogP contribution in [-0.4, -0.2) is 17.5 Å². The summed E-state index contributed by atoms with van der Waals surface area (Å²) in [5.41, 5.74) is 2.09. The minimum atomic E-state index is -0.598. The van der Waals surface area contributed by atoms with Crippen molar-refractivity contribution in [1.29, 1.82) is 0 Å². The Kier molecular flexibility index (Phi) is 4.93. The van der Waals surface area contributed by atoms with Gasteiger partial charge >= 0.3 is 5.97 Å². The summed E-state index contributed by atoms with van der Waals surface area (Å²) in [7, 11) is 0. The number of ketones is 1. The van der Waals surface area contributed by atoms with E-state index in [9.17, 15) is 9.59 Å². The lowest BCUT2D eigenvalue weighted by molar-refractivity contribution is -0.111. The van der Waals surface area contributed by atoms with Gasteiger partial charge in [0.05, 0.1) is 5.56 Å². The molecule has 1 aliphatic carbocycles. The predicted octanol–water partition coefficient (Wildman–Crippen LogP) is 3.96. The van der Waals surface area contributed by atoms with Crippen LogP contribution in [-0.2, 0) is 9.63 Å². The SMILES string of the molecule is CC1=CC(=O)C(C(C)C)=C/C1=N\OC(=O)c1cccc(Cl)c1. The average molecular weight is 318 g/mol. The smallest absolute Gasteiger partial charge is 0.312 e. The van der Waals surface area contributed by atoms with Crippen molar-refractivity contribution in [2.45, 2.75) is 20.8 Å². The number of hydrogen-bond donors (Lipinski definition) is 0. The second-order valence-corrected chi connectivity index (χ2v) is 5.75. The van der Waals surface area contributed by atoms with Crippen LogP contribution >= 0.6 is 11.6 Å². The van der Waals surface area contributed by atoms with Gasteiger partial charge in [0.15, 0.2) is 5.78 Å². The van der Waals surface area contributed by atoms with E-state index in [1.807, 2.05) is 13.8 Å². The van der Waals surface area contributed by atoms with E-state index in [4.69, 9.17) is 16.4 Å². The summed E-state index contributed by atoms with van der Waals surface area (Å²) < 4.78 is 0. The molecule has 0 saturated carbocycles. The largest absolute Gasteiger partial charge is 0.365 e. The Labute approximate surface area is 134 Å². The maximum Gasteiger partial charge on any atom is 0.365 e. The molecule has 1 aliphatic rings. The maximum atomic E-state index is 11.9. The number of rotatable bonds is 3. The van der Waals surface area contributed by atoms with Crippen LogP contribution in [0.4, 0.5) is 0 Å². The summed E-state index contributed by atoms with van der Waals surface area (Å²) in [5.74, 6) is -0.558. The molecule has 114 valence electrons. The van der Waals surface area contributed by atoms with E-state index in [1.54, 1.807) is 31.2 Å². The monoisotopic (exact) mass is 317 g/mol. The highest BCUT2D eigenvalue weighted by Gasteiger charge is 2.19. The van der Waals surface area contributed by atoms with Crippen LogP contribution < -0.4 is 0 Å². The molecular weight excluding hydrogens is 302 g/mol. The molecule has 0 fully saturated rings. The van der Waals surface area contributed by atoms with E-state index < -0.39 is 5.97 Å². The first-order chi connectivity index (χ1) is 10.4. The van der Waals surface area contributed by atoms with Gasteiger partial charge in [-0.3, -0.25) is 4.79 Å². The van der Waals surface area contributed by atoms with Gasteiger partial charge in [0.1, 0.15) is 5.71 Å².